The second-order valence-electron chi connectivity index (χ2n) is 4.45. The molecule has 5 nitrogen and oxygen atoms in total. The predicted molar refractivity (Wildman–Crippen MR) is 78.6 cm³/mol. The highest BCUT2D eigenvalue weighted by atomic mass is 35.5. The van der Waals surface area contributed by atoms with Crippen molar-refractivity contribution in [1.82, 2.24) is 0 Å². The van der Waals surface area contributed by atoms with Crippen LogP contribution in [0.25, 0.3) is 0 Å². The molecule has 2 aromatic carbocycles. The molecule has 108 valence electrons. The molecule has 0 saturated heterocycles. The van der Waals surface area contributed by atoms with Gasteiger partial charge in [-0.05, 0) is 30.7 Å². The second-order valence-corrected chi connectivity index (χ2v) is 4.88. The average molecular weight is 306 g/mol. The smallest absolute Gasteiger partial charge is 0.315 e. The van der Waals surface area contributed by atoms with Crippen LogP contribution in [0.3, 0.4) is 0 Å². The zero-order valence-corrected chi connectivity index (χ0v) is 12.0. The number of benzene rings is 2. The number of nitro benzene ring substituents is 1. The number of aryl methyl sites for hydroxylation is 1. The Labute approximate surface area is 126 Å². The fourth-order valence-corrected chi connectivity index (χ4v) is 2.11. The van der Waals surface area contributed by atoms with Gasteiger partial charge in [-0.3, -0.25) is 14.9 Å². The lowest BCUT2D eigenvalue weighted by molar-refractivity contribution is -0.385. The molecule has 0 aliphatic heterocycles. The number of ether oxygens (including phenoxy) is 1. The molecule has 0 fully saturated rings. The zero-order chi connectivity index (χ0) is 15.4. The van der Waals surface area contributed by atoms with Gasteiger partial charge in [-0.2, -0.15) is 0 Å². The number of para-hydroxylation sites is 1. The zero-order valence-electron chi connectivity index (χ0n) is 11.2. The summed E-state index contributed by atoms with van der Waals surface area (Å²) < 4.78 is 5.22. The van der Waals surface area contributed by atoms with Gasteiger partial charge in [-0.25, -0.2) is 0 Å². The van der Waals surface area contributed by atoms with E-state index in [0.717, 1.165) is 5.56 Å². The number of hydrogen-bond donors (Lipinski definition) is 0. The van der Waals surface area contributed by atoms with Crippen LogP contribution >= 0.6 is 11.6 Å². The number of carbonyl (C=O) groups is 1. The summed E-state index contributed by atoms with van der Waals surface area (Å²) in [6.07, 6.45) is -0.167. The fraction of sp³-hybridized carbons (Fsp3) is 0.133. The third-order valence-electron chi connectivity index (χ3n) is 2.88. The summed E-state index contributed by atoms with van der Waals surface area (Å²) in [4.78, 5) is 22.3. The highest BCUT2D eigenvalue weighted by Gasteiger charge is 2.17. The normalized spacial score (nSPS) is 10.2. The van der Waals surface area contributed by atoms with E-state index in [1.54, 1.807) is 37.3 Å². The van der Waals surface area contributed by atoms with E-state index in [9.17, 15) is 14.9 Å². The van der Waals surface area contributed by atoms with Crippen LogP contribution in [0.1, 0.15) is 11.1 Å². The number of rotatable bonds is 4. The van der Waals surface area contributed by atoms with Crippen LogP contribution in [0.5, 0.6) is 5.75 Å². The topological polar surface area (TPSA) is 69.4 Å². The summed E-state index contributed by atoms with van der Waals surface area (Å²) in [6, 6.07) is 11.0. The number of esters is 1. The van der Waals surface area contributed by atoms with Crippen molar-refractivity contribution in [2.45, 2.75) is 13.3 Å². The lowest BCUT2D eigenvalue weighted by Gasteiger charge is -2.08. The minimum absolute atomic E-state index is 0.0951. The standard InChI is InChI=1S/C15H12ClNO4/c1-10-8-12(16)6-7-14(10)21-15(18)9-11-4-2-3-5-13(11)17(19)20/h2-8H,9H2,1H3. The average Bonchev–Trinajstić information content (AvgIpc) is 2.42. The molecule has 21 heavy (non-hydrogen) atoms. The third kappa shape index (κ3) is 3.79. The molecule has 0 bridgehead atoms. The molecule has 0 spiro atoms. The van der Waals surface area contributed by atoms with Gasteiger partial charge in [0.1, 0.15) is 5.75 Å². The summed E-state index contributed by atoms with van der Waals surface area (Å²) in [5, 5.41) is 11.4. The maximum Gasteiger partial charge on any atom is 0.315 e. The van der Waals surface area contributed by atoms with E-state index in [4.69, 9.17) is 16.3 Å². The third-order valence-corrected chi connectivity index (χ3v) is 3.12. The lowest BCUT2D eigenvalue weighted by atomic mass is 10.1. The van der Waals surface area contributed by atoms with Crippen molar-refractivity contribution >= 4 is 23.3 Å². The summed E-state index contributed by atoms with van der Waals surface area (Å²) in [6.45, 7) is 1.76. The largest absolute Gasteiger partial charge is 0.426 e. The molecule has 0 N–H and O–H groups in total. The number of nitro groups is 1. The van der Waals surface area contributed by atoms with Crippen LogP contribution in [-0.2, 0) is 11.2 Å². The highest BCUT2D eigenvalue weighted by Crippen LogP contribution is 2.23. The molecular formula is C15H12ClNO4. The summed E-state index contributed by atoms with van der Waals surface area (Å²) in [5.74, 6) is -0.169. The molecule has 0 amide bonds. The predicted octanol–water partition coefficient (Wildman–Crippen LogP) is 3.70. The Kier molecular flexibility index (Phi) is 4.55. The molecule has 0 heterocycles. The molecule has 0 aromatic heterocycles. The van der Waals surface area contributed by atoms with Gasteiger partial charge in [0.2, 0.25) is 0 Å². The molecule has 6 heteroatoms. The van der Waals surface area contributed by atoms with Gasteiger partial charge < -0.3 is 4.74 Å². The van der Waals surface area contributed by atoms with E-state index in [2.05, 4.69) is 0 Å². The first-order valence-electron chi connectivity index (χ1n) is 6.16. The SMILES string of the molecule is Cc1cc(Cl)ccc1OC(=O)Cc1ccccc1[N+](=O)[O-]. The Morgan fingerprint density at radius 3 is 2.67 bits per heavy atom. The van der Waals surface area contributed by atoms with Crippen LogP contribution in [0.2, 0.25) is 5.02 Å². The van der Waals surface area contributed by atoms with Gasteiger partial charge in [0, 0.05) is 16.7 Å². The van der Waals surface area contributed by atoms with E-state index < -0.39 is 10.9 Å². The fourth-order valence-electron chi connectivity index (χ4n) is 1.88. The molecule has 0 unspecified atom stereocenters. The molecule has 2 aromatic rings. The summed E-state index contributed by atoms with van der Waals surface area (Å²) in [7, 11) is 0. The van der Waals surface area contributed by atoms with Crippen LogP contribution in [-0.4, -0.2) is 10.9 Å². The highest BCUT2D eigenvalue weighted by molar-refractivity contribution is 6.30. The van der Waals surface area contributed by atoms with Crippen molar-refractivity contribution in [1.29, 1.82) is 0 Å². The van der Waals surface area contributed by atoms with Crippen molar-refractivity contribution in [3.05, 3.63) is 68.7 Å². The monoisotopic (exact) mass is 305 g/mol. The Balaban J connectivity index is 2.14. The van der Waals surface area contributed by atoms with Crippen molar-refractivity contribution in [3.8, 4) is 5.75 Å². The van der Waals surface area contributed by atoms with Gasteiger partial charge in [0.25, 0.3) is 5.69 Å². The van der Waals surface area contributed by atoms with Gasteiger partial charge in [0.15, 0.2) is 0 Å². The first-order valence-corrected chi connectivity index (χ1v) is 6.54. The summed E-state index contributed by atoms with van der Waals surface area (Å²) in [5.41, 5.74) is 0.944. The Morgan fingerprint density at radius 1 is 1.29 bits per heavy atom. The quantitative estimate of drug-likeness (QED) is 0.374. The van der Waals surface area contributed by atoms with E-state index in [0.29, 0.717) is 16.3 Å². The Morgan fingerprint density at radius 2 is 2.00 bits per heavy atom. The van der Waals surface area contributed by atoms with E-state index in [-0.39, 0.29) is 12.1 Å². The maximum absolute atomic E-state index is 11.9. The molecule has 0 atom stereocenters. The number of halogens is 1. The van der Waals surface area contributed by atoms with Crippen LogP contribution in [0.4, 0.5) is 5.69 Å². The van der Waals surface area contributed by atoms with E-state index in [1.807, 2.05) is 0 Å². The Bertz CT molecular complexity index is 700. The van der Waals surface area contributed by atoms with Gasteiger partial charge in [-0.15, -0.1) is 0 Å². The molecule has 0 radical (unpaired) electrons. The van der Waals surface area contributed by atoms with E-state index >= 15 is 0 Å². The molecular weight excluding hydrogens is 294 g/mol. The first-order chi connectivity index (χ1) is 9.97. The molecule has 2 rings (SSSR count). The summed E-state index contributed by atoms with van der Waals surface area (Å²) >= 11 is 5.82. The van der Waals surface area contributed by atoms with Crippen molar-refractivity contribution in [2.75, 3.05) is 0 Å². The molecule has 0 saturated carbocycles. The van der Waals surface area contributed by atoms with Crippen LogP contribution in [0, 0.1) is 17.0 Å². The minimum Gasteiger partial charge on any atom is -0.426 e. The minimum atomic E-state index is -0.560. The lowest BCUT2D eigenvalue weighted by Crippen LogP contribution is -2.13. The molecule has 0 aliphatic rings. The first kappa shape index (κ1) is 15.0. The maximum atomic E-state index is 11.9. The molecule has 0 aliphatic carbocycles. The van der Waals surface area contributed by atoms with Gasteiger partial charge in [-0.1, -0.05) is 29.8 Å². The van der Waals surface area contributed by atoms with E-state index in [1.165, 1.54) is 12.1 Å². The number of nitrogens with zero attached hydrogens (tertiary/aromatic N) is 1. The van der Waals surface area contributed by atoms with Crippen molar-refractivity contribution < 1.29 is 14.5 Å². The van der Waals surface area contributed by atoms with Gasteiger partial charge >= 0.3 is 5.97 Å². The Hall–Kier alpha value is -2.40. The second kappa shape index (κ2) is 6.37. The number of hydrogen-bond acceptors (Lipinski definition) is 4. The van der Waals surface area contributed by atoms with Crippen molar-refractivity contribution in [3.63, 3.8) is 0 Å². The van der Waals surface area contributed by atoms with Crippen LogP contribution < -0.4 is 4.74 Å². The number of carbonyl (C=O) groups excluding carboxylic acids is 1. The van der Waals surface area contributed by atoms with Crippen LogP contribution in [0.15, 0.2) is 42.5 Å². The van der Waals surface area contributed by atoms with Gasteiger partial charge in [0.05, 0.1) is 11.3 Å². The van der Waals surface area contributed by atoms with Crippen molar-refractivity contribution in [2.24, 2.45) is 0 Å².